The van der Waals surface area contributed by atoms with Crippen LogP contribution < -0.4 is 4.74 Å². The average Bonchev–Trinajstić information content (AvgIpc) is 2.73. The fraction of sp³-hybridized carbons (Fsp3) is 0.364. The first-order valence-corrected chi connectivity index (χ1v) is 10.5. The molecule has 3 rings (SSSR count). The van der Waals surface area contributed by atoms with Crippen LogP contribution in [0.4, 0.5) is 0 Å². The Labute approximate surface area is 185 Å². The van der Waals surface area contributed by atoms with Crippen molar-refractivity contribution >= 4 is 34.9 Å². The van der Waals surface area contributed by atoms with Gasteiger partial charge in [0, 0.05) is 48.3 Å². The molecule has 0 saturated carbocycles. The summed E-state index contributed by atoms with van der Waals surface area (Å²) in [6.07, 6.45) is -0.723. The van der Waals surface area contributed by atoms with Gasteiger partial charge in [0.05, 0.1) is 5.56 Å². The first kappa shape index (κ1) is 22.6. The number of carbonyl (C=O) groups excluding carboxylic acids is 2. The number of benzene rings is 2. The van der Waals surface area contributed by atoms with E-state index >= 15 is 0 Å². The molecule has 2 aromatic rings. The average molecular weight is 451 g/mol. The van der Waals surface area contributed by atoms with Gasteiger partial charge in [0.2, 0.25) is 0 Å². The van der Waals surface area contributed by atoms with E-state index in [0.717, 1.165) is 0 Å². The molecule has 0 spiro atoms. The molecule has 1 aliphatic heterocycles. The van der Waals surface area contributed by atoms with Crippen LogP contribution in [0.1, 0.15) is 27.6 Å². The van der Waals surface area contributed by atoms with Crippen LogP contribution >= 0.6 is 23.2 Å². The Bertz CT molecular complexity index is 897. The van der Waals surface area contributed by atoms with Crippen LogP contribution in [0, 0.1) is 0 Å². The molecule has 6 nitrogen and oxygen atoms in total. The van der Waals surface area contributed by atoms with Crippen LogP contribution in [0.5, 0.6) is 5.75 Å². The van der Waals surface area contributed by atoms with E-state index in [1.807, 2.05) is 0 Å². The minimum absolute atomic E-state index is 0.0188. The zero-order valence-corrected chi connectivity index (χ0v) is 18.2. The molecule has 1 amide bonds. The second-order valence-corrected chi connectivity index (χ2v) is 8.13. The summed E-state index contributed by atoms with van der Waals surface area (Å²) >= 11 is 11.8. The standard InChI is InChI=1S/C22H24Cl2N2O4/c1-15(27)20-12-18(24)6-7-21(20)30-14-19(28)13-25-8-10-26(11-9-25)22(29)16-2-4-17(23)5-3-16/h2-7,12,19,28H,8-11,13-14H2,1H3. The van der Waals surface area contributed by atoms with E-state index in [-0.39, 0.29) is 18.3 Å². The zero-order valence-electron chi connectivity index (χ0n) is 16.7. The molecule has 1 N–H and O–H groups in total. The van der Waals surface area contributed by atoms with Crippen molar-refractivity contribution in [1.82, 2.24) is 9.80 Å². The van der Waals surface area contributed by atoms with Crippen molar-refractivity contribution in [2.75, 3.05) is 39.3 Å². The Kier molecular flexibility index (Phi) is 7.72. The number of rotatable bonds is 7. The Morgan fingerprint density at radius 3 is 2.30 bits per heavy atom. The van der Waals surface area contributed by atoms with Gasteiger partial charge < -0.3 is 14.7 Å². The van der Waals surface area contributed by atoms with Gasteiger partial charge in [-0.25, -0.2) is 0 Å². The van der Waals surface area contributed by atoms with Crippen molar-refractivity contribution in [1.29, 1.82) is 0 Å². The van der Waals surface area contributed by atoms with Crippen LogP contribution in [-0.4, -0.2) is 72.0 Å². The Morgan fingerprint density at radius 1 is 1.03 bits per heavy atom. The number of halogens is 2. The highest BCUT2D eigenvalue weighted by Crippen LogP contribution is 2.23. The van der Waals surface area contributed by atoms with E-state index in [1.165, 1.54) is 6.92 Å². The van der Waals surface area contributed by atoms with Gasteiger partial charge in [-0.1, -0.05) is 23.2 Å². The summed E-state index contributed by atoms with van der Waals surface area (Å²) < 4.78 is 5.65. The van der Waals surface area contributed by atoms with Gasteiger partial charge in [-0.3, -0.25) is 14.5 Å². The number of Topliss-reactive ketones (excluding diaryl/α,β-unsaturated/α-hetero) is 1. The van der Waals surface area contributed by atoms with Crippen molar-refractivity contribution in [3.8, 4) is 5.75 Å². The van der Waals surface area contributed by atoms with E-state index in [1.54, 1.807) is 47.4 Å². The first-order chi connectivity index (χ1) is 14.3. The summed E-state index contributed by atoms with van der Waals surface area (Å²) in [6.45, 7) is 4.42. The molecule has 1 fully saturated rings. The van der Waals surface area contributed by atoms with Gasteiger partial charge in [-0.2, -0.15) is 0 Å². The third kappa shape index (κ3) is 5.95. The predicted molar refractivity (Wildman–Crippen MR) is 117 cm³/mol. The van der Waals surface area contributed by atoms with Gasteiger partial charge in [0.25, 0.3) is 5.91 Å². The van der Waals surface area contributed by atoms with Crippen molar-refractivity contribution in [2.45, 2.75) is 13.0 Å². The third-order valence-corrected chi connectivity index (χ3v) is 5.46. The van der Waals surface area contributed by atoms with Crippen LogP contribution in [0.25, 0.3) is 0 Å². The highest BCUT2D eigenvalue weighted by atomic mass is 35.5. The fourth-order valence-corrected chi connectivity index (χ4v) is 3.65. The third-order valence-electron chi connectivity index (χ3n) is 4.97. The molecule has 8 heteroatoms. The molecule has 1 atom stereocenters. The van der Waals surface area contributed by atoms with E-state index in [4.69, 9.17) is 27.9 Å². The van der Waals surface area contributed by atoms with E-state index in [0.29, 0.717) is 59.6 Å². The number of ether oxygens (including phenoxy) is 1. The molecule has 0 radical (unpaired) electrons. The number of aliphatic hydroxyl groups excluding tert-OH is 1. The molecule has 0 aromatic heterocycles. The summed E-state index contributed by atoms with van der Waals surface area (Å²) in [5.74, 6) is 0.238. The topological polar surface area (TPSA) is 70.1 Å². The van der Waals surface area contributed by atoms with Gasteiger partial charge in [0.1, 0.15) is 18.5 Å². The Balaban J connectivity index is 1.46. The van der Waals surface area contributed by atoms with Gasteiger partial charge in [-0.05, 0) is 49.4 Å². The lowest BCUT2D eigenvalue weighted by atomic mass is 10.1. The van der Waals surface area contributed by atoms with Crippen LogP contribution in [0.2, 0.25) is 10.0 Å². The molecule has 1 saturated heterocycles. The van der Waals surface area contributed by atoms with Gasteiger partial charge in [-0.15, -0.1) is 0 Å². The van der Waals surface area contributed by atoms with Crippen molar-refractivity contribution in [3.63, 3.8) is 0 Å². The SMILES string of the molecule is CC(=O)c1cc(Cl)ccc1OCC(O)CN1CCN(C(=O)c2ccc(Cl)cc2)CC1. The second kappa shape index (κ2) is 10.3. The lowest BCUT2D eigenvalue weighted by Gasteiger charge is -2.35. The fourth-order valence-electron chi connectivity index (χ4n) is 3.35. The molecule has 1 aliphatic rings. The van der Waals surface area contributed by atoms with Crippen molar-refractivity contribution in [2.24, 2.45) is 0 Å². The molecule has 1 unspecified atom stereocenters. The highest BCUT2D eigenvalue weighted by molar-refractivity contribution is 6.31. The summed E-state index contributed by atoms with van der Waals surface area (Å²) in [4.78, 5) is 28.2. The number of hydrogen-bond donors (Lipinski definition) is 1. The number of piperazine rings is 1. The number of hydrogen-bond acceptors (Lipinski definition) is 5. The molecule has 30 heavy (non-hydrogen) atoms. The maximum absolute atomic E-state index is 12.6. The van der Waals surface area contributed by atoms with Crippen molar-refractivity contribution in [3.05, 3.63) is 63.6 Å². The maximum atomic E-state index is 12.6. The quantitative estimate of drug-likeness (QED) is 0.654. The summed E-state index contributed by atoms with van der Waals surface area (Å²) in [5, 5.41) is 11.4. The minimum Gasteiger partial charge on any atom is -0.490 e. The largest absolute Gasteiger partial charge is 0.490 e. The van der Waals surface area contributed by atoms with Crippen LogP contribution in [0.3, 0.4) is 0 Å². The summed E-state index contributed by atoms with van der Waals surface area (Å²) in [6, 6.07) is 11.7. The number of amides is 1. The lowest BCUT2D eigenvalue weighted by molar-refractivity contribution is 0.0401. The smallest absolute Gasteiger partial charge is 0.253 e. The number of nitrogens with zero attached hydrogens (tertiary/aromatic N) is 2. The molecule has 0 bridgehead atoms. The molecular weight excluding hydrogens is 427 g/mol. The van der Waals surface area contributed by atoms with Gasteiger partial charge in [0.15, 0.2) is 5.78 Å². The summed E-state index contributed by atoms with van der Waals surface area (Å²) in [7, 11) is 0. The lowest BCUT2D eigenvalue weighted by Crippen LogP contribution is -2.51. The predicted octanol–water partition coefficient (Wildman–Crippen LogP) is 3.39. The Morgan fingerprint density at radius 2 is 1.67 bits per heavy atom. The van der Waals surface area contributed by atoms with E-state index < -0.39 is 6.10 Å². The molecule has 0 aliphatic carbocycles. The minimum atomic E-state index is -0.723. The highest BCUT2D eigenvalue weighted by Gasteiger charge is 2.23. The van der Waals surface area contributed by atoms with Crippen molar-refractivity contribution < 1.29 is 19.4 Å². The van der Waals surface area contributed by atoms with Crippen LogP contribution in [-0.2, 0) is 0 Å². The van der Waals surface area contributed by atoms with E-state index in [2.05, 4.69) is 4.90 Å². The van der Waals surface area contributed by atoms with Crippen LogP contribution in [0.15, 0.2) is 42.5 Å². The normalized spacial score (nSPS) is 15.7. The monoisotopic (exact) mass is 450 g/mol. The Hall–Kier alpha value is -2.12. The number of β-amino-alcohol motifs (C(OH)–C–C–N with tert-alkyl or cyclic N) is 1. The number of carbonyl (C=O) groups is 2. The van der Waals surface area contributed by atoms with E-state index in [9.17, 15) is 14.7 Å². The number of aliphatic hydroxyl groups is 1. The first-order valence-electron chi connectivity index (χ1n) is 9.72. The molecule has 160 valence electrons. The molecule has 2 aromatic carbocycles. The number of ketones is 1. The second-order valence-electron chi connectivity index (χ2n) is 7.26. The summed E-state index contributed by atoms with van der Waals surface area (Å²) in [5.41, 5.74) is 1.01. The molecular formula is C22H24Cl2N2O4. The zero-order chi connectivity index (χ0) is 21.7. The molecule has 1 heterocycles. The van der Waals surface area contributed by atoms with Gasteiger partial charge >= 0.3 is 0 Å². The maximum Gasteiger partial charge on any atom is 0.253 e.